The Bertz CT molecular complexity index is 662. The number of fused-ring (bicyclic) bond motifs is 1. The van der Waals surface area contributed by atoms with E-state index < -0.39 is 0 Å². The molecular weight excluding hydrogens is 246 g/mol. The summed E-state index contributed by atoms with van der Waals surface area (Å²) in [6.07, 6.45) is 6.07. The zero-order valence-corrected chi connectivity index (χ0v) is 12.1. The van der Waals surface area contributed by atoms with Crippen molar-refractivity contribution in [2.75, 3.05) is 6.54 Å². The summed E-state index contributed by atoms with van der Waals surface area (Å²) < 4.78 is 0. The summed E-state index contributed by atoms with van der Waals surface area (Å²) in [5.74, 6) is 0.666. The van der Waals surface area contributed by atoms with Crippen LogP contribution in [-0.2, 0) is 6.42 Å². The topological polar surface area (TPSA) is 40.2 Å². The molecule has 0 amide bonds. The summed E-state index contributed by atoms with van der Waals surface area (Å²) in [6.45, 7) is 5.34. The molecule has 2 aromatic rings. The van der Waals surface area contributed by atoms with Gasteiger partial charge in [0.1, 0.15) is 0 Å². The molecule has 3 heteroatoms. The van der Waals surface area contributed by atoms with Crippen LogP contribution in [0.15, 0.2) is 47.4 Å². The summed E-state index contributed by atoms with van der Waals surface area (Å²) in [4.78, 5) is 7.92. The zero-order valence-electron chi connectivity index (χ0n) is 12.1. The molecule has 0 aliphatic carbocycles. The second-order valence-electron chi connectivity index (χ2n) is 5.84. The highest BCUT2D eigenvalue weighted by Crippen LogP contribution is 2.20. The lowest BCUT2D eigenvalue weighted by Crippen LogP contribution is -2.27. The van der Waals surface area contributed by atoms with E-state index in [1.54, 1.807) is 0 Å². The van der Waals surface area contributed by atoms with E-state index in [0.717, 1.165) is 19.4 Å². The molecular formula is C17H21N3. The smallest absolute Gasteiger partial charge is 0.0531 e. The van der Waals surface area contributed by atoms with Crippen molar-refractivity contribution in [1.82, 2.24) is 10.3 Å². The Hall–Kier alpha value is -2.03. The molecule has 0 saturated heterocycles. The third-order valence-electron chi connectivity index (χ3n) is 3.62. The Labute approximate surface area is 119 Å². The zero-order chi connectivity index (χ0) is 13.9. The number of benzene rings is 1. The van der Waals surface area contributed by atoms with Gasteiger partial charge in [0.15, 0.2) is 0 Å². The number of allylic oxidation sites excluding steroid dienone is 1. The molecule has 1 aromatic heterocycles. The molecule has 0 radical (unpaired) electrons. The maximum Gasteiger partial charge on any atom is 0.0531 e. The van der Waals surface area contributed by atoms with Crippen LogP contribution in [0.2, 0.25) is 0 Å². The number of nitrogens with one attached hydrogen (secondary N) is 2. The lowest BCUT2D eigenvalue weighted by Gasteiger charge is -2.17. The second-order valence-corrected chi connectivity index (χ2v) is 5.84. The molecule has 3 nitrogen and oxygen atoms in total. The van der Waals surface area contributed by atoms with Gasteiger partial charge < -0.3 is 10.3 Å². The number of hydrogen-bond donors (Lipinski definition) is 2. The molecule has 3 rings (SSSR count). The van der Waals surface area contributed by atoms with Crippen LogP contribution in [0.1, 0.15) is 25.8 Å². The molecule has 0 bridgehead atoms. The van der Waals surface area contributed by atoms with E-state index in [2.05, 4.69) is 59.6 Å². The Kier molecular flexibility index (Phi) is 3.59. The fourth-order valence-corrected chi connectivity index (χ4v) is 2.66. The minimum atomic E-state index is 0.666. The number of aromatic amines is 1. The molecule has 1 aliphatic heterocycles. The molecule has 0 fully saturated rings. The Morgan fingerprint density at radius 1 is 1.25 bits per heavy atom. The van der Waals surface area contributed by atoms with Crippen molar-refractivity contribution < 1.29 is 0 Å². The minimum Gasteiger partial charge on any atom is -0.382 e. The molecule has 0 saturated carbocycles. The van der Waals surface area contributed by atoms with E-state index in [1.165, 1.54) is 27.9 Å². The van der Waals surface area contributed by atoms with Gasteiger partial charge in [0.05, 0.1) is 6.54 Å². The SMILES string of the molecule is CC(C)CC1=NC=C(Cc2c[nH]c3ccccc23)NC1. The van der Waals surface area contributed by atoms with E-state index in [1.807, 2.05) is 6.20 Å². The predicted octanol–water partition coefficient (Wildman–Crippen LogP) is 3.64. The summed E-state index contributed by atoms with van der Waals surface area (Å²) in [6, 6.07) is 8.42. The van der Waals surface area contributed by atoms with Gasteiger partial charge in [-0.1, -0.05) is 32.0 Å². The van der Waals surface area contributed by atoms with Gasteiger partial charge in [0.2, 0.25) is 0 Å². The summed E-state index contributed by atoms with van der Waals surface area (Å²) >= 11 is 0. The maximum absolute atomic E-state index is 4.59. The van der Waals surface area contributed by atoms with Gasteiger partial charge >= 0.3 is 0 Å². The number of aliphatic imine (C=N–C) groups is 1. The third kappa shape index (κ3) is 2.77. The third-order valence-corrected chi connectivity index (χ3v) is 3.62. The van der Waals surface area contributed by atoms with E-state index in [9.17, 15) is 0 Å². The highest BCUT2D eigenvalue weighted by atomic mass is 15.0. The van der Waals surface area contributed by atoms with Crippen LogP contribution >= 0.6 is 0 Å². The van der Waals surface area contributed by atoms with Gasteiger partial charge in [-0.25, -0.2) is 0 Å². The van der Waals surface area contributed by atoms with Gasteiger partial charge in [0.25, 0.3) is 0 Å². The number of rotatable bonds is 4. The van der Waals surface area contributed by atoms with Gasteiger partial charge in [-0.15, -0.1) is 0 Å². The molecule has 2 N–H and O–H groups in total. The van der Waals surface area contributed by atoms with E-state index in [-0.39, 0.29) is 0 Å². The fraction of sp³-hybridized carbons (Fsp3) is 0.353. The first kappa shape index (κ1) is 13.0. The summed E-state index contributed by atoms with van der Waals surface area (Å²) in [7, 11) is 0. The number of hydrogen-bond acceptors (Lipinski definition) is 2. The van der Waals surface area contributed by atoms with Crippen LogP contribution in [0.4, 0.5) is 0 Å². The highest BCUT2D eigenvalue weighted by Gasteiger charge is 2.11. The first-order valence-electron chi connectivity index (χ1n) is 7.26. The number of para-hydroxylation sites is 1. The van der Waals surface area contributed by atoms with E-state index in [4.69, 9.17) is 0 Å². The van der Waals surface area contributed by atoms with Crippen LogP contribution in [0.5, 0.6) is 0 Å². The van der Waals surface area contributed by atoms with Crippen molar-refractivity contribution in [3.63, 3.8) is 0 Å². The van der Waals surface area contributed by atoms with Crippen LogP contribution in [0, 0.1) is 5.92 Å². The van der Waals surface area contributed by atoms with Crippen LogP contribution in [0.25, 0.3) is 10.9 Å². The molecule has 104 valence electrons. The average molecular weight is 267 g/mol. The van der Waals surface area contributed by atoms with Crippen LogP contribution in [-0.4, -0.2) is 17.2 Å². The van der Waals surface area contributed by atoms with E-state index in [0.29, 0.717) is 5.92 Å². The Balaban J connectivity index is 1.76. The molecule has 1 aliphatic rings. The normalized spacial score (nSPS) is 15.2. The molecule has 0 unspecified atom stereocenters. The van der Waals surface area contributed by atoms with Crippen molar-refractivity contribution in [1.29, 1.82) is 0 Å². The first-order chi connectivity index (χ1) is 9.72. The monoisotopic (exact) mass is 267 g/mol. The fourth-order valence-electron chi connectivity index (χ4n) is 2.66. The largest absolute Gasteiger partial charge is 0.382 e. The van der Waals surface area contributed by atoms with Crippen LogP contribution < -0.4 is 5.32 Å². The van der Waals surface area contributed by atoms with Gasteiger partial charge in [0, 0.05) is 41.1 Å². The van der Waals surface area contributed by atoms with Crippen molar-refractivity contribution in [3.8, 4) is 0 Å². The summed E-state index contributed by atoms with van der Waals surface area (Å²) in [5.41, 5.74) is 4.97. The van der Waals surface area contributed by atoms with E-state index >= 15 is 0 Å². The van der Waals surface area contributed by atoms with Gasteiger partial charge in [-0.3, -0.25) is 4.99 Å². The quantitative estimate of drug-likeness (QED) is 0.872. The Morgan fingerprint density at radius 2 is 2.10 bits per heavy atom. The second kappa shape index (κ2) is 5.53. The first-order valence-corrected chi connectivity index (χ1v) is 7.26. The minimum absolute atomic E-state index is 0.666. The average Bonchev–Trinajstić information content (AvgIpc) is 2.84. The number of nitrogens with zero attached hydrogens (tertiary/aromatic N) is 1. The van der Waals surface area contributed by atoms with Crippen LogP contribution in [0.3, 0.4) is 0 Å². The molecule has 0 spiro atoms. The van der Waals surface area contributed by atoms with Gasteiger partial charge in [-0.2, -0.15) is 0 Å². The molecule has 1 aromatic carbocycles. The standard InChI is InChI=1S/C17H21N3/c1-12(2)7-14-10-19-15(11-18-14)8-13-9-20-17-6-4-3-5-16(13)17/h3-6,9,11-12,19-20H,7-8,10H2,1-2H3. The van der Waals surface area contributed by atoms with Crippen molar-refractivity contribution in [3.05, 3.63) is 47.9 Å². The molecule has 20 heavy (non-hydrogen) atoms. The molecule has 0 atom stereocenters. The maximum atomic E-state index is 4.59. The van der Waals surface area contributed by atoms with Crippen molar-refractivity contribution >= 4 is 16.6 Å². The van der Waals surface area contributed by atoms with Crippen molar-refractivity contribution in [2.45, 2.75) is 26.7 Å². The Morgan fingerprint density at radius 3 is 2.85 bits per heavy atom. The summed E-state index contributed by atoms with van der Waals surface area (Å²) in [5, 5.41) is 4.79. The lowest BCUT2D eigenvalue weighted by atomic mass is 10.0. The number of H-pyrrole nitrogens is 1. The number of aromatic nitrogens is 1. The van der Waals surface area contributed by atoms with Gasteiger partial charge in [-0.05, 0) is 24.0 Å². The predicted molar refractivity (Wildman–Crippen MR) is 85.0 cm³/mol. The lowest BCUT2D eigenvalue weighted by molar-refractivity contribution is 0.671. The molecule has 2 heterocycles. The van der Waals surface area contributed by atoms with Crippen molar-refractivity contribution in [2.24, 2.45) is 10.9 Å². The highest BCUT2D eigenvalue weighted by molar-refractivity contribution is 5.88.